The highest BCUT2D eigenvalue weighted by Gasteiger charge is 2.35. The fourth-order valence-corrected chi connectivity index (χ4v) is 2.18. The van der Waals surface area contributed by atoms with Crippen LogP contribution in [0.2, 0.25) is 0 Å². The van der Waals surface area contributed by atoms with Crippen molar-refractivity contribution in [3.05, 3.63) is 70.5 Å². The largest absolute Gasteiger partial charge is 0.417 e. The molecule has 0 aliphatic heterocycles. The molecular weight excluding hydrogens is 324 g/mol. The highest BCUT2D eigenvalue weighted by molar-refractivity contribution is 5.96. The van der Waals surface area contributed by atoms with Crippen molar-refractivity contribution >= 4 is 5.91 Å². The van der Waals surface area contributed by atoms with Crippen LogP contribution in [0.5, 0.6) is 0 Å². The number of nitrogens with zero attached hydrogens (tertiary/aromatic N) is 1. The highest BCUT2D eigenvalue weighted by atomic mass is 19.4. The zero-order valence-electron chi connectivity index (χ0n) is 12.5. The second kappa shape index (κ2) is 6.71. The van der Waals surface area contributed by atoms with Gasteiger partial charge in [-0.1, -0.05) is 12.1 Å². The Bertz CT molecular complexity index is 809. The minimum atomic E-state index is -4.85. The zero-order chi connectivity index (χ0) is 17.9. The van der Waals surface area contributed by atoms with Gasteiger partial charge in [0.05, 0.1) is 28.8 Å². The fourth-order valence-electron chi connectivity index (χ4n) is 2.18. The first-order chi connectivity index (χ1) is 11.2. The van der Waals surface area contributed by atoms with E-state index in [-0.39, 0.29) is 6.07 Å². The van der Waals surface area contributed by atoms with E-state index < -0.39 is 35.1 Å². The van der Waals surface area contributed by atoms with Crippen LogP contribution in [-0.2, 0) is 6.18 Å². The van der Waals surface area contributed by atoms with E-state index >= 15 is 0 Å². The number of rotatable bonds is 3. The van der Waals surface area contributed by atoms with Gasteiger partial charge in [0, 0.05) is 0 Å². The van der Waals surface area contributed by atoms with Gasteiger partial charge in [-0.25, -0.2) is 4.39 Å². The van der Waals surface area contributed by atoms with Gasteiger partial charge in [-0.15, -0.1) is 0 Å². The Kier molecular flexibility index (Phi) is 4.88. The second-order valence-electron chi connectivity index (χ2n) is 5.12. The highest BCUT2D eigenvalue weighted by Crippen LogP contribution is 2.32. The molecule has 1 N–H and O–H groups in total. The summed E-state index contributed by atoms with van der Waals surface area (Å²) in [6, 6.07) is 9.54. The number of carbonyl (C=O) groups is 1. The van der Waals surface area contributed by atoms with Gasteiger partial charge in [0.15, 0.2) is 0 Å². The molecule has 1 amide bonds. The summed E-state index contributed by atoms with van der Waals surface area (Å²) >= 11 is 0. The molecule has 0 bridgehead atoms. The maximum absolute atomic E-state index is 13.1. The lowest BCUT2D eigenvalue weighted by molar-refractivity contribution is -0.138. The lowest BCUT2D eigenvalue weighted by Gasteiger charge is -2.17. The molecule has 0 saturated heterocycles. The summed E-state index contributed by atoms with van der Waals surface area (Å²) in [5.41, 5.74) is -1.06. The lowest BCUT2D eigenvalue weighted by Crippen LogP contribution is -2.29. The van der Waals surface area contributed by atoms with E-state index in [1.165, 1.54) is 6.07 Å². The Morgan fingerprint density at radius 3 is 2.54 bits per heavy atom. The molecule has 24 heavy (non-hydrogen) atoms. The number of nitrogens with one attached hydrogen (secondary N) is 1. The molecule has 0 radical (unpaired) electrons. The topological polar surface area (TPSA) is 52.9 Å². The summed E-state index contributed by atoms with van der Waals surface area (Å²) in [6.07, 6.45) is -4.85. The monoisotopic (exact) mass is 336 g/mol. The molecule has 2 rings (SSSR count). The van der Waals surface area contributed by atoms with E-state index in [4.69, 9.17) is 5.26 Å². The standard InChI is InChI=1S/C17H12F4N2O/c1-10(12-4-2-3-11(7-12)9-22)23-16(24)14-6-5-13(18)8-15(14)17(19,20)21/h2-8,10H,1H3,(H,23,24)/t10-/m0/s1. The zero-order valence-corrected chi connectivity index (χ0v) is 12.5. The van der Waals surface area contributed by atoms with Crippen molar-refractivity contribution in [2.45, 2.75) is 19.1 Å². The van der Waals surface area contributed by atoms with Gasteiger partial charge in [0.1, 0.15) is 5.82 Å². The Morgan fingerprint density at radius 2 is 1.92 bits per heavy atom. The van der Waals surface area contributed by atoms with Crippen LogP contribution in [0.1, 0.15) is 40.0 Å². The molecule has 0 aromatic heterocycles. The number of amides is 1. The van der Waals surface area contributed by atoms with Crippen LogP contribution in [0.3, 0.4) is 0 Å². The summed E-state index contributed by atoms with van der Waals surface area (Å²) in [4.78, 5) is 12.2. The molecule has 124 valence electrons. The normalized spacial score (nSPS) is 12.3. The van der Waals surface area contributed by atoms with E-state index in [9.17, 15) is 22.4 Å². The number of carbonyl (C=O) groups excluding carboxylic acids is 1. The molecule has 0 aliphatic carbocycles. The SMILES string of the molecule is C[C@H](NC(=O)c1ccc(F)cc1C(F)(F)F)c1cccc(C#N)c1. The number of hydrogen-bond acceptors (Lipinski definition) is 2. The van der Waals surface area contributed by atoms with Crippen molar-refractivity contribution in [1.82, 2.24) is 5.32 Å². The molecule has 7 heteroatoms. The Labute approximate surface area is 135 Å². The maximum atomic E-state index is 13.1. The molecular formula is C17H12F4N2O. The van der Waals surface area contributed by atoms with E-state index in [0.717, 1.165) is 12.1 Å². The summed E-state index contributed by atoms with van der Waals surface area (Å²) in [5.74, 6) is -2.05. The van der Waals surface area contributed by atoms with Crippen molar-refractivity contribution in [2.75, 3.05) is 0 Å². The smallest absolute Gasteiger partial charge is 0.346 e. The molecule has 0 saturated carbocycles. The summed E-state index contributed by atoms with van der Waals surface area (Å²) in [6.45, 7) is 1.57. The third-order valence-corrected chi connectivity index (χ3v) is 3.39. The molecule has 3 nitrogen and oxygen atoms in total. The van der Waals surface area contributed by atoms with Crippen LogP contribution < -0.4 is 5.32 Å². The van der Waals surface area contributed by atoms with Crippen LogP contribution >= 0.6 is 0 Å². The average Bonchev–Trinajstić information content (AvgIpc) is 2.53. The van der Waals surface area contributed by atoms with Crippen molar-refractivity contribution in [2.24, 2.45) is 0 Å². The quantitative estimate of drug-likeness (QED) is 0.854. The van der Waals surface area contributed by atoms with Crippen molar-refractivity contribution in [3.8, 4) is 6.07 Å². The molecule has 0 spiro atoms. The minimum Gasteiger partial charge on any atom is -0.346 e. The van der Waals surface area contributed by atoms with Crippen LogP contribution in [0.4, 0.5) is 17.6 Å². The van der Waals surface area contributed by atoms with Crippen LogP contribution in [0, 0.1) is 17.1 Å². The van der Waals surface area contributed by atoms with Gasteiger partial charge >= 0.3 is 6.18 Å². The van der Waals surface area contributed by atoms with E-state index in [1.54, 1.807) is 25.1 Å². The molecule has 0 unspecified atom stereocenters. The molecule has 1 atom stereocenters. The third-order valence-electron chi connectivity index (χ3n) is 3.39. The second-order valence-corrected chi connectivity index (χ2v) is 5.12. The number of hydrogen-bond donors (Lipinski definition) is 1. The van der Waals surface area contributed by atoms with Crippen molar-refractivity contribution in [3.63, 3.8) is 0 Å². The van der Waals surface area contributed by atoms with Crippen molar-refractivity contribution in [1.29, 1.82) is 5.26 Å². The molecule has 0 heterocycles. The third kappa shape index (κ3) is 3.90. The summed E-state index contributed by atoms with van der Waals surface area (Å²) < 4.78 is 52.0. The molecule has 2 aromatic carbocycles. The van der Waals surface area contributed by atoms with Gasteiger partial charge in [0.25, 0.3) is 5.91 Å². The first kappa shape index (κ1) is 17.5. The Balaban J connectivity index is 2.28. The predicted molar refractivity (Wildman–Crippen MR) is 78.4 cm³/mol. The van der Waals surface area contributed by atoms with Gasteiger partial charge in [-0.05, 0) is 42.8 Å². The van der Waals surface area contributed by atoms with E-state index in [0.29, 0.717) is 11.1 Å². The number of halogens is 4. The van der Waals surface area contributed by atoms with Gasteiger partial charge in [-0.2, -0.15) is 18.4 Å². The minimum absolute atomic E-state index is 0.288. The lowest BCUT2D eigenvalue weighted by atomic mass is 10.0. The van der Waals surface area contributed by atoms with E-state index in [1.807, 2.05) is 6.07 Å². The number of alkyl halides is 3. The van der Waals surface area contributed by atoms with Crippen LogP contribution in [-0.4, -0.2) is 5.91 Å². The first-order valence-electron chi connectivity index (χ1n) is 6.90. The summed E-state index contributed by atoms with van der Waals surface area (Å²) in [5, 5.41) is 11.3. The van der Waals surface area contributed by atoms with Crippen LogP contribution in [0.25, 0.3) is 0 Å². The number of benzene rings is 2. The van der Waals surface area contributed by atoms with Gasteiger partial charge in [0.2, 0.25) is 0 Å². The maximum Gasteiger partial charge on any atom is 0.417 e. The van der Waals surface area contributed by atoms with Crippen molar-refractivity contribution < 1.29 is 22.4 Å². The Morgan fingerprint density at radius 1 is 1.21 bits per heavy atom. The van der Waals surface area contributed by atoms with Gasteiger partial charge in [-0.3, -0.25) is 4.79 Å². The molecule has 0 fully saturated rings. The van der Waals surface area contributed by atoms with E-state index in [2.05, 4.69) is 5.32 Å². The van der Waals surface area contributed by atoms with Crippen LogP contribution in [0.15, 0.2) is 42.5 Å². The molecule has 2 aromatic rings. The average molecular weight is 336 g/mol. The predicted octanol–water partition coefficient (Wildman–Crippen LogP) is 4.21. The van der Waals surface area contributed by atoms with Gasteiger partial charge < -0.3 is 5.32 Å². The number of nitriles is 1. The Hall–Kier alpha value is -2.88. The summed E-state index contributed by atoms with van der Waals surface area (Å²) in [7, 11) is 0. The molecule has 0 aliphatic rings. The first-order valence-corrected chi connectivity index (χ1v) is 6.90. The fraction of sp³-hybridized carbons (Fsp3) is 0.176.